The Hall–Kier alpha value is -3.39. The Morgan fingerprint density at radius 3 is 2.65 bits per heavy atom. The quantitative estimate of drug-likeness (QED) is 0.335. The Balaban J connectivity index is 1.17. The second-order valence-electron chi connectivity index (χ2n) is 15.4. The topological polar surface area (TPSA) is 79.3 Å². The molecule has 244 valence electrons. The van der Waals surface area contributed by atoms with Gasteiger partial charge in [0.05, 0.1) is 23.6 Å². The SMILES string of the molecule is C=C(c1cc2n(n1)CCCN(c1nc(CCC34CCCN3CCC4)nc3c1CCC1(CCC(C)c4ccc(N)cc41)C3)C2)N(C)C. The minimum absolute atomic E-state index is 0.109. The molecule has 1 aromatic carbocycles. The van der Waals surface area contributed by atoms with Crippen LogP contribution in [0.15, 0.2) is 30.8 Å². The summed E-state index contributed by atoms with van der Waals surface area (Å²) < 4.78 is 2.20. The van der Waals surface area contributed by atoms with E-state index < -0.39 is 0 Å². The molecule has 2 fully saturated rings. The fourth-order valence-electron chi connectivity index (χ4n) is 9.80. The Morgan fingerprint density at radius 1 is 1.02 bits per heavy atom. The van der Waals surface area contributed by atoms with E-state index in [-0.39, 0.29) is 5.41 Å². The lowest BCUT2D eigenvalue weighted by molar-refractivity contribution is 0.181. The van der Waals surface area contributed by atoms with E-state index in [9.17, 15) is 0 Å². The summed E-state index contributed by atoms with van der Waals surface area (Å²) >= 11 is 0. The van der Waals surface area contributed by atoms with Gasteiger partial charge in [-0.05, 0) is 119 Å². The van der Waals surface area contributed by atoms with Crippen LogP contribution in [0.1, 0.15) is 110 Å². The smallest absolute Gasteiger partial charge is 0.136 e. The minimum atomic E-state index is 0.109. The molecule has 0 radical (unpaired) electrons. The van der Waals surface area contributed by atoms with Gasteiger partial charge in [-0.2, -0.15) is 5.10 Å². The normalized spacial score (nSPS) is 25.1. The molecule has 46 heavy (non-hydrogen) atoms. The number of hydrogen-bond acceptors (Lipinski definition) is 7. The maximum atomic E-state index is 6.44. The standard InChI is InChI=1S/C38H52N8/c1-26-10-15-37(32-22-28(39)8-9-30(26)32)16-11-31-34(24-37)40-35(12-17-38-13-5-19-45(38)20-6-14-38)41-36(31)44-18-7-21-46-29(25-44)23-33(42-46)27(2)43(3)4/h8-9,22-23,26H,2,5-7,10-21,24-25,39H2,1,3-4H3. The summed E-state index contributed by atoms with van der Waals surface area (Å²) in [7, 11) is 4.08. The minimum Gasteiger partial charge on any atom is -0.399 e. The van der Waals surface area contributed by atoms with Gasteiger partial charge < -0.3 is 15.5 Å². The lowest BCUT2D eigenvalue weighted by Gasteiger charge is -2.45. The van der Waals surface area contributed by atoms with E-state index in [0.29, 0.717) is 11.5 Å². The van der Waals surface area contributed by atoms with Crippen LogP contribution in [0.25, 0.3) is 5.70 Å². The number of nitrogen functional groups attached to an aromatic ring is 1. The van der Waals surface area contributed by atoms with Crippen molar-refractivity contribution in [3.63, 3.8) is 0 Å². The van der Waals surface area contributed by atoms with Gasteiger partial charge in [-0.15, -0.1) is 0 Å². The number of hydrogen-bond donors (Lipinski definition) is 1. The number of aryl methyl sites for hydroxylation is 2. The molecule has 2 unspecified atom stereocenters. The molecule has 0 saturated carbocycles. The van der Waals surface area contributed by atoms with Crippen LogP contribution in [0, 0.1) is 0 Å². The van der Waals surface area contributed by atoms with E-state index in [2.05, 4.69) is 57.1 Å². The number of aromatic nitrogens is 4. The van der Waals surface area contributed by atoms with Gasteiger partial charge in [0, 0.05) is 55.8 Å². The van der Waals surface area contributed by atoms with Crippen LogP contribution in [0.5, 0.6) is 0 Å². The van der Waals surface area contributed by atoms with Crippen molar-refractivity contribution in [2.24, 2.45) is 0 Å². The van der Waals surface area contributed by atoms with E-state index in [1.807, 2.05) is 14.1 Å². The molecule has 2 saturated heterocycles. The number of rotatable bonds is 6. The Kier molecular flexibility index (Phi) is 7.42. The van der Waals surface area contributed by atoms with E-state index in [0.717, 1.165) is 74.6 Å². The van der Waals surface area contributed by atoms with Gasteiger partial charge in [0.15, 0.2) is 0 Å². The number of anilines is 2. The molecular weight excluding hydrogens is 568 g/mol. The molecule has 2 aliphatic carbocycles. The zero-order valence-electron chi connectivity index (χ0n) is 28.3. The zero-order chi connectivity index (χ0) is 31.6. The van der Waals surface area contributed by atoms with Gasteiger partial charge in [0.1, 0.15) is 17.3 Å². The third-order valence-electron chi connectivity index (χ3n) is 12.5. The van der Waals surface area contributed by atoms with Crippen LogP contribution in [0.2, 0.25) is 0 Å². The molecule has 2 aromatic heterocycles. The van der Waals surface area contributed by atoms with Crippen LogP contribution >= 0.6 is 0 Å². The van der Waals surface area contributed by atoms with Crippen molar-refractivity contribution in [2.75, 3.05) is 44.4 Å². The molecule has 0 bridgehead atoms. The molecule has 3 aliphatic heterocycles. The van der Waals surface area contributed by atoms with Crippen LogP contribution in [-0.2, 0) is 37.8 Å². The highest BCUT2D eigenvalue weighted by molar-refractivity contribution is 5.59. The fourth-order valence-corrected chi connectivity index (χ4v) is 9.80. The zero-order valence-corrected chi connectivity index (χ0v) is 28.3. The van der Waals surface area contributed by atoms with Crippen LogP contribution < -0.4 is 10.6 Å². The average molecular weight is 621 g/mol. The molecule has 5 aliphatic rings. The maximum absolute atomic E-state index is 6.44. The maximum Gasteiger partial charge on any atom is 0.136 e. The van der Waals surface area contributed by atoms with E-state index in [1.165, 1.54) is 91.9 Å². The molecule has 8 nitrogen and oxygen atoms in total. The first-order valence-corrected chi connectivity index (χ1v) is 18.0. The lowest BCUT2D eigenvalue weighted by atomic mass is 9.60. The van der Waals surface area contributed by atoms with Crippen molar-refractivity contribution in [2.45, 2.75) is 114 Å². The second kappa shape index (κ2) is 11.4. The van der Waals surface area contributed by atoms with Gasteiger partial charge in [-0.1, -0.05) is 19.6 Å². The third kappa shape index (κ3) is 5.02. The summed E-state index contributed by atoms with van der Waals surface area (Å²) in [4.78, 5) is 18.4. The summed E-state index contributed by atoms with van der Waals surface area (Å²) in [6.45, 7) is 11.9. The molecule has 8 heteroatoms. The van der Waals surface area contributed by atoms with Crippen molar-refractivity contribution in [3.05, 3.63) is 70.4 Å². The van der Waals surface area contributed by atoms with E-state index in [4.69, 9.17) is 20.8 Å². The van der Waals surface area contributed by atoms with E-state index in [1.54, 1.807) is 0 Å². The molecule has 2 N–H and O–H groups in total. The Bertz CT molecular complexity index is 1640. The number of benzene rings is 1. The predicted molar refractivity (Wildman–Crippen MR) is 186 cm³/mol. The molecule has 1 spiro atoms. The molecular formula is C38H52N8. The van der Waals surface area contributed by atoms with E-state index >= 15 is 0 Å². The van der Waals surface area contributed by atoms with Crippen LogP contribution in [0.4, 0.5) is 11.5 Å². The number of fused-ring (bicyclic) bond motifs is 5. The summed E-state index contributed by atoms with van der Waals surface area (Å²) in [5.74, 6) is 2.81. The Labute approximate surface area is 275 Å². The van der Waals surface area contributed by atoms with Gasteiger partial charge in [-0.25, -0.2) is 9.97 Å². The summed E-state index contributed by atoms with van der Waals surface area (Å²) in [5, 5.41) is 4.96. The predicted octanol–water partition coefficient (Wildman–Crippen LogP) is 6.08. The highest BCUT2D eigenvalue weighted by Crippen LogP contribution is 2.51. The summed E-state index contributed by atoms with van der Waals surface area (Å²) in [5.41, 5.74) is 16.6. The lowest BCUT2D eigenvalue weighted by Crippen LogP contribution is -2.40. The molecule has 2 atom stereocenters. The first-order valence-electron chi connectivity index (χ1n) is 18.0. The molecule has 5 heterocycles. The Morgan fingerprint density at radius 2 is 1.85 bits per heavy atom. The van der Waals surface area contributed by atoms with Crippen LogP contribution in [-0.4, -0.2) is 68.8 Å². The molecule has 3 aromatic rings. The second-order valence-corrected chi connectivity index (χ2v) is 15.4. The average Bonchev–Trinajstić information content (AvgIpc) is 3.72. The van der Waals surface area contributed by atoms with Crippen LogP contribution in [0.3, 0.4) is 0 Å². The molecule has 8 rings (SSSR count). The molecule has 0 amide bonds. The largest absolute Gasteiger partial charge is 0.399 e. The van der Waals surface area contributed by atoms with Crippen molar-refractivity contribution >= 4 is 17.2 Å². The summed E-state index contributed by atoms with van der Waals surface area (Å²) in [6.07, 6.45) is 14.1. The van der Waals surface area contributed by atoms with Crippen molar-refractivity contribution in [3.8, 4) is 0 Å². The fraction of sp³-hybridized carbons (Fsp3) is 0.605. The van der Waals surface area contributed by atoms with Crippen molar-refractivity contribution < 1.29 is 0 Å². The van der Waals surface area contributed by atoms with Gasteiger partial charge in [-0.3, -0.25) is 9.58 Å². The first-order chi connectivity index (χ1) is 22.2. The first kappa shape index (κ1) is 30.0. The van der Waals surface area contributed by atoms with Gasteiger partial charge in [0.2, 0.25) is 0 Å². The van der Waals surface area contributed by atoms with Gasteiger partial charge >= 0.3 is 0 Å². The van der Waals surface area contributed by atoms with Gasteiger partial charge in [0.25, 0.3) is 0 Å². The third-order valence-corrected chi connectivity index (χ3v) is 12.5. The monoisotopic (exact) mass is 620 g/mol. The number of nitrogens with two attached hydrogens (primary N) is 1. The highest BCUT2D eigenvalue weighted by Gasteiger charge is 2.45. The van der Waals surface area contributed by atoms with Crippen molar-refractivity contribution in [1.29, 1.82) is 0 Å². The van der Waals surface area contributed by atoms with Crippen molar-refractivity contribution in [1.82, 2.24) is 29.5 Å². The summed E-state index contributed by atoms with van der Waals surface area (Å²) in [6, 6.07) is 8.93. The number of nitrogens with zero attached hydrogens (tertiary/aromatic N) is 7. The highest BCUT2D eigenvalue weighted by atomic mass is 15.3.